The van der Waals surface area contributed by atoms with Gasteiger partial charge in [-0.2, -0.15) is 0 Å². The van der Waals surface area contributed by atoms with Crippen molar-refractivity contribution >= 4 is 71.2 Å². The molecule has 0 atom stereocenters. The molecule has 0 N–H and O–H groups in total. The Morgan fingerprint density at radius 2 is 0.792 bits per heavy atom. The van der Waals surface area contributed by atoms with Crippen molar-refractivity contribution in [3.63, 3.8) is 0 Å². The Balaban J connectivity index is 1.04. The predicted molar refractivity (Wildman–Crippen MR) is 204 cm³/mol. The van der Waals surface area contributed by atoms with Gasteiger partial charge < -0.3 is 9.47 Å². The monoisotopic (exact) mass is 608 g/mol. The third kappa shape index (κ3) is 3.57. The Labute approximate surface area is 277 Å². The molecule has 0 saturated carbocycles. The van der Waals surface area contributed by atoms with Crippen molar-refractivity contribution in [1.82, 2.24) is 4.57 Å². The first-order valence-electron chi connectivity index (χ1n) is 16.6. The van der Waals surface area contributed by atoms with E-state index in [0.717, 1.165) is 17.1 Å². The lowest BCUT2D eigenvalue weighted by atomic mass is 9.78. The molecule has 2 nitrogen and oxygen atoms in total. The normalized spacial score (nSPS) is 12.2. The lowest BCUT2D eigenvalue weighted by molar-refractivity contribution is 1.19. The summed E-state index contributed by atoms with van der Waals surface area (Å²) in [7, 11) is 0. The fraction of sp³-hybridized carbons (Fsp3) is 0. The maximum atomic E-state index is 2.44. The Bertz CT molecular complexity index is 2770. The Morgan fingerprint density at radius 1 is 0.312 bits per heavy atom. The first-order valence-corrected chi connectivity index (χ1v) is 16.6. The second-order valence-corrected chi connectivity index (χ2v) is 13.0. The maximum Gasteiger partial charge on any atom is 0.0547 e. The summed E-state index contributed by atoms with van der Waals surface area (Å²) in [6.07, 6.45) is 0. The second-order valence-electron chi connectivity index (χ2n) is 13.0. The highest BCUT2D eigenvalue weighted by molar-refractivity contribution is 6.24. The molecule has 10 aromatic rings. The summed E-state index contributed by atoms with van der Waals surface area (Å²) in [5.74, 6) is 0. The van der Waals surface area contributed by atoms with E-state index in [1.807, 2.05) is 0 Å². The number of hydrogen-bond donors (Lipinski definition) is 0. The van der Waals surface area contributed by atoms with Crippen LogP contribution in [0, 0.1) is 0 Å². The number of rotatable bonds is 4. The molecular formula is C46H28N2. The molecule has 11 rings (SSSR count). The first-order chi connectivity index (χ1) is 23.8. The molecule has 2 heteroatoms. The van der Waals surface area contributed by atoms with Gasteiger partial charge in [-0.15, -0.1) is 0 Å². The minimum Gasteiger partial charge on any atom is -0.310 e. The highest BCUT2D eigenvalue weighted by atomic mass is 15.1. The van der Waals surface area contributed by atoms with Crippen molar-refractivity contribution in [1.29, 1.82) is 0 Å². The van der Waals surface area contributed by atoms with E-state index in [1.54, 1.807) is 0 Å². The number of para-hydroxylation sites is 2. The van der Waals surface area contributed by atoms with Crippen molar-refractivity contribution in [2.75, 3.05) is 4.90 Å². The van der Waals surface area contributed by atoms with Crippen molar-refractivity contribution in [3.8, 4) is 27.9 Å². The zero-order chi connectivity index (χ0) is 31.3. The molecule has 0 radical (unpaired) electrons. The number of aromatic nitrogens is 1. The van der Waals surface area contributed by atoms with Crippen LogP contribution in [-0.2, 0) is 0 Å². The van der Waals surface area contributed by atoms with E-state index in [4.69, 9.17) is 0 Å². The molecule has 0 saturated heterocycles. The molecular weight excluding hydrogens is 581 g/mol. The lowest BCUT2D eigenvalue weighted by Gasteiger charge is -2.28. The quantitative estimate of drug-likeness (QED) is 0.180. The van der Waals surface area contributed by atoms with Crippen LogP contribution in [-0.4, -0.2) is 4.57 Å². The van der Waals surface area contributed by atoms with Crippen LogP contribution in [0.2, 0.25) is 0 Å². The number of hydrogen-bond acceptors (Lipinski definition) is 1. The Hall–Kier alpha value is -6.38. The van der Waals surface area contributed by atoms with Gasteiger partial charge in [0.2, 0.25) is 0 Å². The first kappa shape index (κ1) is 25.8. The van der Waals surface area contributed by atoms with Gasteiger partial charge in [0, 0.05) is 33.5 Å². The van der Waals surface area contributed by atoms with E-state index in [-0.39, 0.29) is 0 Å². The van der Waals surface area contributed by atoms with Crippen molar-refractivity contribution in [2.24, 2.45) is 0 Å². The second kappa shape index (κ2) is 9.57. The van der Waals surface area contributed by atoms with Crippen LogP contribution in [0.5, 0.6) is 0 Å². The van der Waals surface area contributed by atoms with Crippen molar-refractivity contribution < 1.29 is 0 Å². The molecule has 1 heterocycles. The molecule has 9 aromatic carbocycles. The number of nitrogens with zero attached hydrogens (tertiary/aromatic N) is 2. The van der Waals surface area contributed by atoms with Gasteiger partial charge in [0.1, 0.15) is 0 Å². The third-order valence-electron chi connectivity index (χ3n) is 10.4. The molecule has 1 aliphatic carbocycles. The van der Waals surface area contributed by atoms with Gasteiger partial charge in [0.25, 0.3) is 0 Å². The standard InChI is InChI=1S/C46H28N2/c1-3-11-35(12-4-1)47(36-13-5-2-6-14-36)37-21-19-31-25-39-40-26-32-20-22-38(24-34(32)28-42(40)41(39)27-33(31)23-37)48-43-15-7-9-29-17-18-30-10-8-16-44(48)46(30)45(29)43/h1-28H. The fourth-order valence-corrected chi connectivity index (χ4v) is 8.18. The molecule has 0 amide bonds. The van der Waals surface area contributed by atoms with Gasteiger partial charge in [-0.25, -0.2) is 0 Å². The van der Waals surface area contributed by atoms with Gasteiger partial charge in [-0.05, 0) is 140 Å². The van der Waals surface area contributed by atoms with Crippen LogP contribution < -0.4 is 4.90 Å². The van der Waals surface area contributed by atoms with Gasteiger partial charge >= 0.3 is 0 Å². The number of anilines is 3. The minimum absolute atomic E-state index is 1.15. The van der Waals surface area contributed by atoms with Crippen molar-refractivity contribution in [3.05, 3.63) is 170 Å². The van der Waals surface area contributed by atoms with Crippen LogP contribution in [0.1, 0.15) is 0 Å². The van der Waals surface area contributed by atoms with E-state index in [9.17, 15) is 0 Å². The van der Waals surface area contributed by atoms with Crippen molar-refractivity contribution in [2.45, 2.75) is 0 Å². The summed E-state index contributed by atoms with van der Waals surface area (Å²) in [5, 5.41) is 10.3. The molecule has 1 aliphatic rings. The van der Waals surface area contributed by atoms with E-state index >= 15 is 0 Å². The largest absolute Gasteiger partial charge is 0.310 e. The highest BCUT2D eigenvalue weighted by Gasteiger charge is 2.25. The average Bonchev–Trinajstić information content (AvgIpc) is 3.49. The van der Waals surface area contributed by atoms with E-state index in [0.29, 0.717) is 0 Å². The minimum atomic E-state index is 1.15. The summed E-state index contributed by atoms with van der Waals surface area (Å²) >= 11 is 0. The average molecular weight is 609 g/mol. The zero-order valence-electron chi connectivity index (χ0n) is 26.1. The van der Waals surface area contributed by atoms with Gasteiger partial charge in [-0.1, -0.05) is 84.9 Å². The molecule has 0 unspecified atom stereocenters. The van der Waals surface area contributed by atoms with Crippen LogP contribution in [0.25, 0.3) is 82.1 Å². The smallest absolute Gasteiger partial charge is 0.0547 e. The highest BCUT2D eigenvalue weighted by Crippen LogP contribution is 2.51. The van der Waals surface area contributed by atoms with Crippen LogP contribution in [0.4, 0.5) is 17.1 Å². The van der Waals surface area contributed by atoms with Gasteiger partial charge in [0.15, 0.2) is 0 Å². The number of benzene rings is 9. The topological polar surface area (TPSA) is 8.17 Å². The summed E-state index contributed by atoms with van der Waals surface area (Å²) in [6.45, 7) is 0. The molecule has 222 valence electrons. The van der Waals surface area contributed by atoms with Gasteiger partial charge in [-0.3, -0.25) is 0 Å². The van der Waals surface area contributed by atoms with Crippen LogP contribution in [0.15, 0.2) is 170 Å². The molecule has 0 spiro atoms. The van der Waals surface area contributed by atoms with Crippen LogP contribution >= 0.6 is 0 Å². The lowest BCUT2D eigenvalue weighted by Crippen LogP contribution is -2.09. The molecule has 0 fully saturated rings. The molecule has 0 aliphatic heterocycles. The van der Waals surface area contributed by atoms with Crippen LogP contribution in [0.3, 0.4) is 0 Å². The fourth-order valence-electron chi connectivity index (χ4n) is 8.18. The zero-order valence-corrected chi connectivity index (χ0v) is 26.1. The summed E-state index contributed by atoms with van der Waals surface area (Å²) in [6, 6.07) is 62.4. The van der Waals surface area contributed by atoms with E-state index < -0.39 is 0 Å². The molecule has 0 bridgehead atoms. The summed E-state index contributed by atoms with van der Waals surface area (Å²) < 4.78 is 2.44. The molecule has 48 heavy (non-hydrogen) atoms. The Morgan fingerprint density at radius 3 is 1.35 bits per heavy atom. The number of fused-ring (bicyclic) bond motifs is 6. The maximum absolute atomic E-state index is 2.44. The molecule has 1 aromatic heterocycles. The van der Waals surface area contributed by atoms with E-state index in [2.05, 4.69) is 179 Å². The van der Waals surface area contributed by atoms with E-state index in [1.165, 1.54) is 82.1 Å². The summed E-state index contributed by atoms with van der Waals surface area (Å²) in [5.41, 5.74) is 12.5. The third-order valence-corrected chi connectivity index (χ3v) is 10.4. The SMILES string of the molecule is c1ccc(N(c2ccccc2)c2ccc3cc4c(cc3c2)-c2cc3cc(-n5c6cccc7ccc8cccc5c8c76)ccc3cc2-4)cc1. The summed E-state index contributed by atoms with van der Waals surface area (Å²) in [4.78, 5) is 2.33. The van der Waals surface area contributed by atoms with Gasteiger partial charge in [0.05, 0.1) is 11.0 Å². The Kier molecular flexibility index (Phi) is 5.14. The predicted octanol–water partition coefficient (Wildman–Crippen LogP) is 12.8.